The van der Waals surface area contributed by atoms with Gasteiger partial charge in [0.25, 0.3) is 0 Å². The number of nitrogen functional groups attached to an aromatic ring is 1. The van der Waals surface area contributed by atoms with Crippen molar-refractivity contribution < 1.29 is 4.74 Å². The van der Waals surface area contributed by atoms with E-state index in [1.165, 1.54) is 11.3 Å². The summed E-state index contributed by atoms with van der Waals surface area (Å²) in [6.07, 6.45) is 0. The number of ether oxygens (including phenoxy) is 1. The van der Waals surface area contributed by atoms with Crippen molar-refractivity contribution in [1.82, 2.24) is 4.98 Å². The molecular formula is C11H11BrN2OS. The van der Waals surface area contributed by atoms with Gasteiger partial charge in [-0.2, -0.15) is 0 Å². The summed E-state index contributed by atoms with van der Waals surface area (Å²) in [5, 5.41) is 1.67. The van der Waals surface area contributed by atoms with Crippen LogP contribution in [0.2, 0.25) is 0 Å². The first-order valence-electron chi connectivity index (χ1n) is 4.68. The molecule has 0 spiro atoms. The molecule has 0 saturated carbocycles. The van der Waals surface area contributed by atoms with Crippen molar-refractivity contribution in [3.63, 3.8) is 0 Å². The molecule has 1 heterocycles. The summed E-state index contributed by atoms with van der Waals surface area (Å²) < 4.78 is 6.29. The van der Waals surface area contributed by atoms with Gasteiger partial charge < -0.3 is 10.5 Å². The average Bonchev–Trinajstić information content (AvgIpc) is 2.57. The van der Waals surface area contributed by atoms with E-state index in [1.807, 2.05) is 25.1 Å². The number of benzene rings is 1. The zero-order chi connectivity index (χ0) is 11.7. The normalized spacial score (nSPS) is 10.4. The number of nitrogens with two attached hydrogens (primary N) is 1. The van der Waals surface area contributed by atoms with Gasteiger partial charge in [0.2, 0.25) is 0 Å². The highest BCUT2D eigenvalue weighted by Crippen LogP contribution is 2.37. The third-order valence-corrected chi connectivity index (χ3v) is 3.47. The SMILES string of the molecule is COc1ccc(Br)cc1-c1nc(C)sc1N. The number of anilines is 1. The van der Waals surface area contributed by atoms with E-state index < -0.39 is 0 Å². The van der Waals surface area contributed by atoms with E-state index in [1.54, 1.807) is 7.11 Å². The van der Waals surface area contributed by atoms with Crippen molar-refractivity contribution in [1.29, 1.82) is 0 Å². The predicted octanol–water partition coefficient (Wildman–Crippen LogP) is 3.47. The summed E-state index contributed by atoms with van der Waals surface area (Å²) in [6.45, 7) is 1.94. The lowest BCUT2D eigenvalue weighted by atomic mass is 10.1. The van der Waals surface area contributed by atoms with E-state index in [2.05, 4.69) is 20.9 Å². The van der Waals surface area contributed by atoms with Crippen LogP contribution in [0.5, 0.6) is 5.75 Å². The van der Waals surface area contributed by atoms with E-state index in [0.717, 1.165) is 26.5 Å². The number of hydrogen-bond acceptors (Lipinski definition) is 4. The Labute approximate surface area is 106 Å². The van der Waals surface area contributed by atoms with Crippen molar-refractivity contribution in [3.8, 4) is 17.0 Å². The van der Waals surface area contributed by atoms with E-state index in [9.17, 15) is 0 Å². The molecule has 2 N–H and O–H groups in total. The molecule has 1 aromatic heterocycles. The molecule has 2 aromatic rings. The number of halogens is 1. The van der Waals surface area contributed by atoms with Crippen molar-refractivity contribution in [2.75, 3.05) is 12.8 Å². The standard InChI is InChI=1S/C11H11BrN2OS/c1-6-14-10(11(13)16-6)8-5-7(12)3-4-9(8)15-2/h3-5H,13H2,1-2H3. The van der Waals surface area contributed by atoms with Crippen LogP contribution in [0.15, 0.2) is 22.7 Å². The highest BCUT2D eigenvalue weighted by atomic mass is 79.9. The maximum Gasteiger partial charge on any atom is 0.128 e. The molecule has 0 aliphatic rings. The van der Waals surface area contributed by atoms with Gasteiger partial charge in [-0.25, -0.2) is 4.98 Å². The van der Waals surface area contributed by atoms with Gasteiger partial charge in [0, 0.05) is 10.0 Å². The maximum atomic E-state index is 5.93. The zero-order valence-electron chi connectivity index (χ0n) is 8.95. The molecule has 16 heavy (non-hydrogen) atoms. The predicted molar refractivity (Wildman–Crippen MR) is 71.0 cm³/mol. The van der Waals surface area contributed by atoms with Crippen molar-refractivity contribution in [2.45, 2.75) is 6.92 Å². The molecule has 84 valence electrons. The quantitative estimate of drug-likeness (QED) is 0.923. The van der Waals surface area contributed by atoms with Gasteiger partial charge in [0.1, 0.15) is 16.4 Å². The van der Waals surface area contributed by atoms with Crippen molar-refractivity contribution >= 4 is 32.3 Å². The third-order valence-electron chi connectivity index (χ3n) is 2.18. The second kappa shape index (κ2) is 4.43. The monoisotopic (exact) mass is 298 g/mol. The van der Waals surface area contributed by atoms with Gasteiger partial charge in [0.05, 0.1) is 12.1 Å². The second-order valence-corrected chi connectivity index (χ2v) is 5.44. The fourth-order valence-corrected chi connectivity index (χ4v) is 2.57. The minimum atomic E-state index is 0.717. The summed E-state index contributed by atoms with van der Waals surface area (Å²) in [4.78, 5) is 4.42. The van der Waals surface area contributed by atoms with Crippen LogP contribution < -0.4 is 10.5 Å². The van der Waals surface area contributed by atoms with Gasteiger partial charge in [0.15, 0.2) is 0 Å². The summed E-state index contributed by atoms with van der Waals surface area (Å²) in [5.41, 5.74) is 7.64. The Morgan fingerprint density at radius 2 is 2.19 bits per heavy atom. The molecule has 1 aromatic carbocycles. The van der Waals surface area contributed by atoms with Crippen LogP contribution in [-0.2, 0) is 0 Å². The summed E-state index contributed by atoms with van der Waals surface area (Å²) in [6, 6.07) is 5.79. The molecule has 0 fully saturated rings. The van der Waals surface area contributed by atoms with E-state index >= 15 is 0 Å². The number of nitrogens with zero attached hydrogens (tertiary/aromatic N) is 1. The third kappa shape index (κ3) is 2.05. The largest absolute Gasteiger partial charge is 0.496 e. The highest BCUT2D eigenvalue weighted by molar-refractivity contribution is 9.10. The van der Waals surface area contributed by atoms with Gasteiger partial charge in [-0.05, 0) is 25.1 Å². The number of aromatic nitrogens is 1. The number of hydrogen-bond donors (Lipinski definition) is 1. The average molecular weight is 299 g/mol. The molecule has 2 rings (SSSR count). The molecule has 0 aliphatic heterocycles. The Kier molecular flexibility index (Phi) is 3.16. The first kappa shape index (κ1) is 11.4. The fourth-order valence-electron chi connectivity index (χ4n) is 1.50. The molecule has 5 heteroatoms. The van der Waals surface area contributed by atoms with Gasteiger partial charge >= 0.3 is 0 Å². The van der Waals surface area contributed by atoms with Crippen LogP contribution in [0.1, 0.15) is 5.01 Å². The lowest BCUT2D eigenvalue weighted by Crippen LogP contribution is -1.91. The Morgan fingerprint density at radius 1 is 1.44 bits per heavy atom. The summed E-state index contributed by atoms with van der Waals surface area (Å²) in [5.74, 6) is 0.778. The minimum Gasteiger partial charge on any atom is -0.496 e. The Morgan fingerprint density at radius 3 is 2.75 bits per heavy atom. The number of methoxy groups -OCH3 is 1. The smallest absolute Gasteiger partial charge is 0.128 e. The zero-order valence-corrected chi connectivity index (χ0v) is 11.4. The molecule has 0 aliphatic carbocycles. The molecule has 0 atom stereocenters. The molecule has 3 nitrogen and oxygen atoms in total. The topological polar surface area (TPSA) is 48.1 Å². The number of thiazole rings is 1. The van der Waals surface area contributed by atoms with Crippen LogP contribution in [0, 0.1) is 6.92 Å². The van der Waals surface area contributed by atoms with Crippen molar-refractivity contribution in [2.24, 2.45) is 0 Å². The van der Waals surface area contributed by atoms with Gasteiger partial charge in [-0.3, -0.25) is 0 Å². The lowest BCUT2D eigenvalue weighted by Gasteiger charge is -2.07. The van der Waals surface area contributed by atoms with E-state index in [4.69, 9.17) is 10.5 Å². The molecule has 0 amide bonds. The van der Waals surface area contributed by atoms with Gasteiger partial charge in [-0.15, -0.1) is 11.3 Å². The highest BCUT2D eigenvalue weighted by Gasteiger charge is 2.13. The molecule has 0 unspecified atom stereocenters. The number of rotatable bonds is 2. The van der Waals surface area contributed by atoms with Crippen LogP contribution in [0.4, 0.5) is 5.00 Å². The summed E-state index contributed by atoms with van der Waals surface area (Å²) in [7, 11) is 1.64. The second-order valence-electron chi connectivity index (χ2n) is 3.29. The summed E-state index contributed by atoms with van der Waals surface area (Å²) >= 11 is 4.92. The first-order valence-corrected chi connectivity index (χ1v) is 6.29. The maximum absolute atomic E-state index is 5.93. The fraction of sp³-hybridized carbons (Fsp3) is 0.182. The Hall–Kier alpha value is -1.07. The Bertz CT molecular complexity index is 525. The molecule has 0 saturated heterocycles. The van der Waals surface area contributed by atoms with E-state index in [-0.39, 0.29) is 0 Å². The minimum absolute atomic E-state index is 0.717. The molecule has 0 radical (unpaired) electrons. The van der Waals surface area contributed by atoms with Crippen molar-refractivity contribution in [3.05, 3.63) is 27.7 Å². The first-order chi connectivity index (χ1) is 7.61. The van der Waals surface area contributed by atoms with Crippen LogP contribution in [-0.4, -0.2) is 12.1 Å². The number of aryl methyl sites for hydroxylation is 1. The van der Waals surface area contributed by atoms with Crippen LogP contribution >= 0.6 is 27.3 Å². The Balaban J connectivity index is 2.62. The van der Waals surface area contributed by atoms with Crippen LogP contribution in [0.25, 0.3) is 11.3 Å². The molecular weight excluding hydrogens is 288 g/mol. The van der Waals surface area contributed by atoms with Crippen LogP contribution in [0.3, 0.4) is 0 Å². The molecule has 0 bridgehead atoms. The lowest BCUT2D eigenvalue weighted by molar-refractivity contribution is 0.416. The van der Waals surface area contributed by atoms with E-state index in [0.29, 0.717) is 5.00 Å². The van der Waals surface area contributed by atoms with Gasteiger partial charge in [-0.1, -0.05) is 15.9 Å².